The summed E-state index contributed by atoms with van der Waals surface area (Å²) in [6.45, 7) is 2.92. The Labute approximate surface area is 84.2 Å². The van der Waals surface area contributed by atoms with Gasteiger partial charge in [-0.05, 0) is 6.42 Å². The van der Waals surface area contributed by atoms with Gasteiger partial charge in [-0.1, -0.05) is 6.92 Å². The minimum Gasteiger partial charge on any atom is -0.469 e. The molecule has 14 heavy (non-hydrogen) atoms. The van der Waals surface area contributed by atoms with Crippen LogP contribution in [0.1, 0.15) is 26.2 Å². The van der Waals surface area contributed by atoms with Crippen molar-refractivity contribution in [2.45, 2.75) is 31.8 Å². The summed E-state index contributed by atoms with van der Waals surface area (Å²) >= 11 is 0. The predicted octanol–water partition coefficient (Wildman–Crippen LogP) is 0.727. The van der Waals surface area contributed by atoms with Gasteiger partial charge in [0.2, 0.25) is 0 Å². The van der Waals surface area contributed by atoms with Gasteiger partial charge >= 0.3 is 5.97 Å². The van der Waals surface area contributed by atoms with Crippen molar-refractivity contribution in [2.75, 3.05) is 20.3 Å². The van der Waals surface area contributed by atoms with E-state index >= 15 is 0 Å². The van der Waals surface area contributed by atoms with Gasteiger partial charge in [0.05, 0.1) is 18.6 Å². The average molecular weight is 202 g/mol. The molecule has 1 unspecified atom stereocenters. The van der Waals surface area contributed by atoms with E-state index in [1.54, 1.807) is 0 Å². The smallest absolute Gasteiger partial charge is 0.311 e. The topological polar surface area (TPSA) is 55.8 Å². The van der Waals surface area contributed by atoms with Gasteiger partial charge in [-0.3, -0.25) is 4.79 Å². The highest BCUT2D eigenvalue weighted by molar-refractivity contribution is 5.73. The maximum absolute atomic E-state index is 11.4. The number of esters is 1. The summed E-state index contributed by atoms with van der Waals surface area (Å²) in [5, 5.41) is 10.3. The molecule has 1 rings (SSSR count). The molecule has 1 fully saturated rings. The van der Waals surface area contributed by atoms with Gasteiger partial charge in [0.15, 0.2) is 0 Å². The van der Waals surface area contributed by atoms with Crippen LogP contribution in [0.25, 0.3) is 0 Å². The molecule has 0 aliphatic carbocycles. The van der Waals surface area contributed by atoms with Crippen LogP contribution >= 0.6 is 0 Å². The minimum absolute atomic E-state index is 0.322. The van der Waals surface area contributed by atoms with Crippen LogP contribution < -0.4 is 0 Å². The van der Waals surface area contributed by atoms with Crippen molar-refractivity contribution in [1.29, 1.82) is 0 Å². The normalized spacial score (nSPS) is 22.8. The van der Waals surface area contributed by atoms with Crippen molar-refractivity contribution in [3.05, 3.63) is 0 Å². The highest BCUT2D eigenvalue weighted by Crippen LogP contribution is 2.31. The van der Waals surface area contributed by atoms with E-state index < -0.39 is 11.5 Å². The number of rotatable bonds is 3. The third kappa shape index (κ3) is 2.25. The van der Waals surface area contributed by atoms with Crippen LogP contribution in [-0.4, -0.2) is 37.0 Å². The summed E-state index contributed by atoms with van der Waals surface area (Å²) < 4.78 is 9.84. The van der Waals surface area contributed by atoms with Crippen LogP contribution in [0.3, 0.4) is 0 Å². The summed E-state index contributed by atoms with van der Waals surface area (Å²) in [6, 6.07) is 0. The molecule has 0 radical (unpaired) electrons. The van der Waals surface area contributed by atoms with Gasteiger partial charge < -0.3 is 14.6 Å². The number of aliphatic hydroxyl groups is 1. The lowest BCUT2D eigenvalue weighted by atomic mass is 9.79. The first-order valence-electron chi connectivity index (χ1n) is 5.02. The summed E-state index contributed by atoms with van der Waals surface area (Å²) in [7, 11) is 1.35. The molecule has 0 aromatic heterocycles. The third-order valence-electron chi connectivity index (χ3n) is 2.90. The van der Waals surface area contributed by atoms with Gasteiger partial charge in [-0.25, -0.2) is 0 Å². The standard InChI is InChI=1S/C10H18O4/c1-3-8(9(11)13-2)10(12)4-6-14-7-5-10/h8,12H,3-7H2,1-2H3. The molecule has 0 saturated carbocycles. The monoisotopic (exact) mass is 202 g/mol. The molecule has 1 aliphatic rings. The lowest BCUT2D eigenvalue weighted by Gasteiger charge is -2.36. The zero-order valence-electron chi connectivity index (χ0n) is 8.78. The first kappa shape index (κ1) is 11.5. The third-order valence-corrected chi connectivity index (χ3v) is 2.90. The fourth-order valence-electron chi connectivity index (χ4n) is 1.98. The number of ether oxygens (including phenoxy) is 2. The van der Waals surface area contributed by atoms with E-state index in [1.807, 2.05) is 6.92 Å². The number of hydrogen-bond acceptors (Lipinski definition) is 4. The molecular formula is C10H18O4. The number of carbonyl (C=O) groups excluding carboxylic acids is 1. The molecule has 0 aromatic rings. The summed E-state index contributed by atoms with van der Waals surface area (Å²) in [6.07, 6.45) is 1.63. The Morgan fingerprint density at radius 3 is 2.57 bits per heavy atom. The highest BCUT2D eigenvalue weighted by Gasteiger charge is 2.42. The van der Waals surface area contributed by atoms with Crippen LogP contribution in [0.15, 0.2) is 0 Å². The Kier molecular flexibility index (Phi) is 3.89. The second-order valence-corrected chi connectivity index (χ2v) is 3.70. The average Bonchev–Trinajstić information content (AvgIpc) is 2.19. The number of hydrogen-bond donors (Lipinski definition) is 1. The molecule has 1 heterocycles. The van der Waals surface area contributed by atoms with Gasteiger partial charge in [0.25, 0.3) is 0 Å². The number of methoxy groups -OCH3 is 1. The van der Waals surface area contributed by atoms with Crippen LogP contribution in [0.4, 0.5) is 0 Å². The molecule has 0 amide bonds. The van der Waals surface area contributed by atoms with Gasteiger partial charge in [0, 0.05) is 26.1 Å². The molecule has 1 atom stereocenters. The van der Waals surface area contributed by atoms with Crippen molar-refractivity contribution < 1.29 is 19.4 Å². The van der Waals surface area contributed by atoms with Crippen LogP contribution in [-0.2, 0) is 14.3 Å². The largest absolute Gasteiger partial charge is 0.469 e. The maximum Gasteiger partial charge on any atom is 0.311 e. The van der Waals surface area contributed by atoms with E-state index in [1.165, 1.54) is 7.11 Å². The van der Waals surface area contributed by atoms with E-state index in [-0.39, 0.29) is 5.97 Å². The summed E-state index contributed by atoms with van der Waals surface area (Å²) in [5.74, 6) is -0.742. The molecular weight excluding hydrogens is 184 g/mol. The Morgan fingerprint density at radius 2 is 2.14 bits per heavy atom. The highest BCUT2D eigenvalue weighted by atomic mass is 16.5. The molecule has 1 saturated heterocycles. The molecule has 4 nitrogen and oxygen atoms in total. The number of carbonyl (C=O) groups is 1. The molecule has 4 heteroatoms. The van der Waals surface area contributed by atoms with E-state index in [9.17, 15) is 9.90 Å². The van der Waals surface area contributed by atoms with E-state index in [0.29, 0.717) is 32.5 Å². The van der Waals surface area contributed by atoms with Crippen molar-refractivity contribution in [1.82, 2.24) is 0 Å². The first-order valence-corrected chi connectivity index (χ1v) is 5.02. The fourth-order valence-corrected chi connectivity index (χ4v) is 1.98. The lowest BCUT2D eigenvalue weighted by Crippen LogP contribution is -2.46. The van der Waals surface area contributed by atoms with Crippen molar-refractivity contribution >= 4 is 5.97 Å². The Balaban J connectivity index is 2.70. The van der Waals surface area contributed by atoms with E-state index in [0.717, 1.165) is 0 Å². The first-order chi connectivity index (χ1) is 6.64. The predicted molar refractivity (Wildman–Crippen MR) is 50.8 cm³/mol. The van der Waals surface area contributed by atoms with Crippen LogP contribution in [0, 0.1) is 5.92 Å². The fraction of sp³-hybridized carbons (Fsp3) is 0.900. The van der Waals surface area contributed by atoms with E-state index in [2.05, 4.69) is 4.74 Å². The summed E-state index contributed by atoms with van der Waals surface area (Å²) in [4.78, 5) is 11.4. The molecule has 1 N–H and O–H groups in total. The Morgan fingerprint density at radius 1 is 1.57 bits per heavy atom. The second-order valence-electron chi connectivity index (χ2n) is 3.70. The molecule has 1 aliphatic heterocycles. The van der Waals surface area contributed by atoms with Gasteiger partial charge in [0.1, 0.15) is 0 Å². The quantitative estimate of drug-likeness (QED) is 0.685. The minimum atomic E-state index is -0.930. The van der Waals surface area contributed by atoms with Gasteiger partial charge in [-0.15, -0.1) is 0 Å². The zero-order valence-corrected chi connectivity index (χ0v) is 8.78. The van der Waals surface area contributed by atoms with Crippen LogP contribution in [0.2, 0.25) is 0 Å². The SMILES string of the molecule is CCC(C(=O)OC)C1(O)CCOCC1. The summed E-state index contributed by atoms with van der Waals surface area (Å²) in [5.41, 5.74) is -0.930. The van der Waals surface area contributed by atoms with Crippen molar-refractivity contribution in [3.63, 3.8) is 0 Å². The lowest BCUT2D eigenvalue weighted by molar-refractivity contribution is -0.164. The van der Waals surface area contributed by atoms with Crippen LogP contribution in [0.5, 0.6) is 0 Å². The van der Waals surface area contributed by atoms with Crippen molar-refractivity contribution in [2.24, 2.45) is 5.92 Å². The molecule has 0 bridgehead atoms. The van der Waals surface area contributed by atoms with Crippen molar-refractivity contribution in [3.8, 4) is 0 Å². The van der Waals surface area contributed by atoms with E-state index in [4.69, 9.17) is 4.74 Å². The maximum atomic E-state index is 11.4. The Hall–Kier alpha value is -0.610. The zero-order chi connectivity index (χ0) is 10.6. The second kappa shape index (κ2) is 4.75. The molecule has 82 valence electrons. The van der Waals surface area contributed by atoms with Gasteiger partial charge in [-0.2, -0.15) is 0 Å². The Bertz CT molecular complexity index is 196. The molecule has 0 spiro atoms. The molecule has 0 aromatic carbocycles.